The number of nitro benzene ring substituents is 1. The zero-order valence-electron chi connectivity index (χ0n) is 14.5. The fraction of sp³-hybridized carbons (Fsp3) is 0.444. The quantitative estimate of drug-likeness (QED) is 0.629. The molecule has 0 spiro atoms. The summed E-state index contributed by atoms with van der Waals surface area (Å²) >= 11 is 0. The molecule has 0 radical (unpaired) electrons. The van der Waals surface area contributed by atoms with Crippen LogP contribution in [0.5, 0.6) is 0 Å². The molecule has 7 heteroatoms. The van der Waals surface area contributed by atoms with Crippen molar-refractivity contribution in [3.63, 3.8) is 0 Å². The van der Waals surface area contributed by atoms with Crippen molar-refractivity contribution >= 4 is 11.6 Å². The van der Waals surface area contributed by atoms with E-state index in [1.807, 2.05) is 0 Å². The van der Waals surface area contributed by atoms with E-state index in [0.29, 0.717) is 17.2 Å². The smallest absolute Gasteiger partial charge is 0.294 e. The van der Waals surface area contributed by atoms with Crippen molar-refractivity contribution in [2.24, 2.45) is 5.92 Å². The van der Waals surface area contributed by atoms with Crippen LogP contribution in [0, 0.1) is 16.0 Å². The Morgan fingerprint density at radius 1 is 1.32 bits per heavy atom. The lowest BCUT2D eigenvalue weighted by atomic mass is 9.86. The monoisotopic (exact) mass is 342 g/mol. The highest BCUT2D eigenvalue weighted by atomic mass is 16.6. The maximum absolute atomic E-state index is 12.8. The van der Waals surface area contributed by atoms with Crippen LogP contribution in [-0.4, -0.2) is 38.4 Å². The van der Waals surface area contributed by atoms with Crippen molar-refractivity contribution in [2.45, 2.75) is 38.6 Å². The van der Waals surface area contributed by atoms with E-state index in [1.54, 1.807) is 41.0 Å². The average molecular weight is 342 g/mol. The summed E-state index contributed by atoms with van der Waals surface area (Å²) in [5.41, 5.74) is 0.638. The number of imidazole rings is 1. The first-order chi connectivity index (χ1) is 12.0. The summed E-state index contributed by atoms with van der Waals surface area (Å²) in [5, 5.41) is 11.4. The van der Waals surface area contributed by atoms with Gasteiger partial charge in [0.2, 0.25) is 0 Å². The molecule has 3 rings (SSSR count). The molecular weight excluding hydrogens is 320 g/mol. The van der Waals surface area contributed by atoms with Crippen molar-refractivity contribution in [1.29, 1.82) is 0 Å². The normalized spacial score (nSPS) is 20.2. The predicted molar refractivity (Wildman–Crippen MR) is 93.7 cm³/mol. The molecule has 0 aliphatic heterocycles. The van der Waals surface area contributed by atoms with Gasteiger partial charge in [0.15, 0.2) is 0 Å². The first-order valence-electron chi connectivity index (χ1n) is 8.51. The standard InChI is InChI=1S/C18H22N4O3/c1-13-3-6-15(7-4-13)20(2)18(23)14-5-8-16(17(11-14)22(24)25)21-10-9-19-12-21/h5,8-13,15H,3-4,6-7H2,1-2H3. The molecular formula is C18H22N4O3. The topological polar surface area (TPSA) is 81.3 Å². The number of rotatable bonds is 4. The maximum Gasteiger partial charge on any atom is 0.294 e. The zero-order valence-corrected chi connectivity index (χ0v) is 14.5. The van der Waals surface area contributed by atoms with Crippen LogP contribution in [0.4, 0.5) is 5.69 Å². The third-order valence-corrected chi connectivity index (χ3v) is 5.06. The van der Waals surface area contributed by atoms with E-state index in [4.69, 9.17) is 0 Å². The van der Waals surface area contributed by atoms with Gasteiger partial charge in [-0.15, -0.1) is 0 Å². The number of aromatic nitrogens is 2. The Kier molecular flexibility index (Phi) is 4.83. The number of hydrogen-bond acceptors (Lipinski definition) is 4. The second kappa shape index (κ2) is 7.04. The van der Waals surface area contributed by atoms with Gasteiger partial charge in [-0.3, -0.25) is 14.9 Å². The summed E-state index contributed by atoms with van der Waals surface area (Å²) in [5.74, 6) is 0.537. The number of nitrogens with zero attached hydrogens (tertiary/aromatic N) is 4. The Morgan fingerprint density at radius 3 is 2.64 bits per heavy atom. The summed E-state index contributed by atoms with van der Waals surface area (Å²) in [4.78, 5) is 29.4. The Hall–Kier alpha value is -2.70. The van der Waals surface area contributed by atoms with E-state index in [2.05, 4.69) is 11.9 Å². The van der Waals surface area contributed by atoms with Crippen LogP contribution in [0.2, 0.25) is 0 Å². The second-order valence-electron chi connectivity index (χ2n) is 6.76. The molecule has 1 fully saturated rings. The third-order valence-electron chi connectivity index (χ3n) is 5.06. The van der Waals surface area contributed by atoms with E-state index in [9.17, 15) is 14.9 Å². The maximum atomic E-state index is 12.8. The number of benzene rings is 1. The minimum absolute atomic E-state index is 0.102. The number of amides is 1. The molecule has 1 aromatic carbocycles. The highest BCUT2D eigenvalue weighted by molar-refractivity contribution is 5.95. The van der Waals surface area contributed by atoms with Crippen molar-refractivity contribution < 1.29 is 9.72 Å². The highest BCUT2D eigenvalue weighted by Gasteiger charge is 2.27. The van der Waals surface area contributed by atoms with Crippen LogP contribution in [-0.2, 0) is 0 Å². The molecule has 1 saturated carbocycles. The number of hydrogen-bond donors (Lipinski definition) is 0. The van der Waals surface area contributed by atoms with Crippen molar-refractivity contribution in [1.82, 2.24) is 14.5 Å². The van der Waals surface area contributed by atoms with Crippen LogP contribution >= 0.6 is 0 Å². The molecule has 1 aliphatic rings. The molecule has 0 N–H and O–H groups in total. The second-order valence-corrected chi connectivity index (χ2v) is 6.76. The summed E-state index contributed by atoms with van der Waals surface area (Å²) < 4.78 is 1.57. The van der Waals surface area contributed by atoms with Crippen LogP contribution in [0.3, 0.4) is 0 Å². The van der Waals surface area contributed by atoms with Gasteiger partial charge >= 0.3 is 0 Å². The van der Waals surface area contributed by atoms with Gasteiger partial charge in [-0.25, -0.2) is 4.98 Å². The fourth-order valence-corrected chi connectivity index (χ4v) is 3.42. The van der Waals surface area contributed by atoms with Crippen molar-refractivity contribution in [3.8, 4) is 5.69 Å². The van der Waals surface area contributed by atoms with Gasteiger partial charge in [-0.2, -0.15) is 0 Å². The summed E-state index contributed by atoms with van der Waals surface area (Å²) in [6, 6.07) is 4.81. The third kappa shape index (κ3) is 3.55. The molecule has 7 nitrogen and oxygen atoms in total. The Bertz CT molecular complexity index is 765. The van der Waals surface area contributed by atoms with Crippen LogP contribution in [0.15, 0.2) is 36.9 Å². The lowest BCUT2D eigenvalue weighted by Gasteiger charge is -2.33. The minimum Gasteiger partial charge on any atom is -0.339 e. The van der Waals surface area contributed by atoms with Gasteiger partial charge in [-0.1, -0.05) is 6.92 Å². The van der Waals surface area contributed by atoms with Gasteiger partial charge < -0.3 is 9.47 Å². The molecule has 2 aromatic rings. The fourth-order valence-electron chi connectivity index (χ4n) is 3.42. The lowest BCUT2D eigenvalue weighted by molar-refractivity contribution is -0.384. The Labute approximate surface area is 146 Å². The highest BCUT2D eigenvalue weighted by Crippen LogP contribution is 2.29. The van der Waals surface area contributed by atoms with Crippen LogP contribution < -0.4 is 0 Å². The van der Waals surface area contributed by atoms with Crippen LogP contribution in [0.1, 0.15) is 43.0 Å². The Morgan fingerprint density at radius 2 is 2.04 bits per heavy atom. The molecule has 1 aromatic heterocycles. The van der Waals surface area contributed by atoms with E-state index in [1.165, 1.54) is 12.4 Å². The average Bonchev–Trinajstić information content (AvgIpc) is 3.15. The van der Waals surface area contributed by atoms with Gasteiger partial charge in [0.05, 0.1) is 11.3 Å². The number of nitro groups is 1. The molecule has 0 bridgehead atoms. The first kappa shape index (κ1) is 17.1. The van der Waals surface area contributed by atoms with Gasteiger partial charge in [0, 0.05) is 37.1 Å². The molecule has 1 aliphatic carbocycles. The van der Waals surface area contributed by atoms with E-state index >= 15 is 0 Å². The Balaban J connectivity index is 1.86. The van der Waals surface area contributed by atoms with Crippen molar-refractivity contribution in [2.75, 3.05) is 7.05 Å². The largest absolute Gasteiger partial charge is 0.339 e. The molecule has 0 atom stereocenters. The van der Waals surface area contributed by atoms with E-state index in [0.717, 1.165) is 25.7 Å². The molecule has 0 saturated heterocycles. The molecule has 132 valence electrons. The molecule has 25 heavy (non-hydrogen) atoms. The van der Waals surface area contributed by atoms with Gasteiger partial charge in [0.1, 0.15) is 5.69 Å². The van der Waals surface area contributed by atoms with Gasteiger partial charge in [-0.05, 0) is 43.7 Å². The predicted octanol–water partition coefficient (Wildman–Crippen LogP) is 3.43. The van der Waals surface area contributed by atoms with Crippen molar-refractivity contribution in [3.05, 3.63) is 52.6 Å². The molecule has 1 heterocycles. The molecule has 1 amide bonds. The first-order valence-corrected chi connectivity index (χ1v) is 8.51. The van der Waals surface area contributed by atoms with Crippen LogP contribution in [0.25, 0.3) is 5.69 Å². The van der Waals surface area contributed by atoms with E-state index in [-0.39, 0.29) is 17.6 Å². The summed E-state index contributed by atoms with van der Waals surface area (Å²) in [6.45, 7) is 2.23. The lowest BCUT2D eigenvalue weighted by Crippen LogP contribution is -2.39. The molecule has 0 unspecified atom stereocenters. The summed E-state index contributed by atoms with van der Waals surface area (Å²) in [6.07, 6.45) is 8.89. The zero-order chi connectivity index (χ0) is 18.0. The van der Waals surface area contributed by atoms with Gasteiger partial charge in [0.25, 0.3) is 11.6 Å². The van der Waals surface area contributed by atoms with E-state index < -0.39 is 4.92 Å². The number of carbonyl (C=O) groups excluding carboxylic acids is 1. The minimum atomic E-state index is -0.464. The number of carbonyl (C=O) groups is 1. The summed E-state index contributed by atoms with van der Waals surface area (Å²) in [7, 11) is 1.79. The SMILES string of the molecule is CC1CCC(N(C)C(=O)c2ccc(-n3ccnc3)c([N+](=O)[O-])c2)CC1.